The molecule has 0 rings (SSSR count). The Hall–Kier alpha value is -1.35. The second kappa shape index (κ2) is 6.20. The zero-order valence-corrected chi connectivity index (χ0v) is 7.57. The van der Waals surface area contributed by atoms with Crippen LogP contribution in [0, 0.1) is 5.92 Å². The van der Waals surface area contributed by atoms with Crippen LogP contribution in [0.1, 0.15) is 6.42 Å². The summed E-state index contributed by atoms with van der Waals surface area (Å²) in [6.07, 6.45) is 4.97. The molecule has 3 N–H and O–H groups in total. The molecule has 3 heteroatoms. The second-order valence-electron chi connectivity index (χ2n) is 2.64. The van der Waals surface area contributed by atoms with Gasteiger partial charge in [0, 0.05) is 5.92 Å². The number of allylic oxidation sites excluding steroid dienone is 3. The molecule has 0 aliphatic rings. The highest BCUT2D eigenvalue weighted by atomic mass is 16.4. The highest BCUT2D eigenvalue weighted by Crippen LogP contribution is 2.15. The smallest absolute Gasteiger partial charge is 0.304 e. The minimum Gasteiger partial charge on any atom is -0.481 e. The van der Waals surface area contributed by atoms with Crippen LogP contribution < -0.4 is 5.73 Å². The van der Waals surface area contributed by atoms with E-state index in [0.717, 1.165) is 5.57 Å². The van der Waals surface area contributed by atoms with Crippen LogP contribution in [0.5, 0.6) is 0 Å². The summed E-state index contributed by atoms with van der Waals surface area (Å²) in [7, 11) is 0. The average Bonchev–Trinajstić information content (AvgIpc) is 2.10. The van der Waals surface area contributed by atoms with Crippen LogP contribution in [0.3, 0.4) is 0 Å². The molecule has 0 aliphatic carbocycles. The fraction of sp³-hybridized carbons (Fsp3) is 0.300. The Bertz CT molecular complexity index is 231. The van der Waals surface area contributed by atoms with Crippen LogP contribution in [-0.4, -0.2) is 17.6 Å². The molecule has 0 aliphatic heterocycles. The third-order valence-electron chi connectivity index (χ3n) is 1.72. The van der Waals surface area contributed by atoms with Crippen molar-refractivity contribution in [1.29, 1.82) is 0 Å². The van der Waals surface area contributed by atoms with E-state index in [1.807, 2.05) is 0 Å². The molecule has 0 saturated heterocycles. The third kappa shape index (κ3) is 4.28. The number of rotatable bonds is 6. The predicted octanol–water partition coefficient (Wildman–Crippen LogP) is 1.33. The fourth-order valence-electron chi connectivity index (χ4n) is 1.05. The summed E-state index contributed by atoms with van der Waals surface area (Å²) in [5.41, 5.74) is 6.26. The summed E-state index contributed by atoms with van der Waals surface area (Å²) in [6, 6.07) is 0. The number of aliphatic carboxylic acids is 1. The quantitative estimate of drug-likeness (QED) is 0.608. The molecular formula is C10H15NO2. The molecule has 0 saturated carbocycles. The molecule has 1 unspecified atom stereocenters. The lowest BCUT2D eigenvalue weighted by Gasteiger charge is -2.12. The topological polar surface area (TPSA) is 63.3 Å². The first-order valence-corrected chi connectivity index (χ1v) is 4.02. The lowest BCUT2D eigenvalue weighted by Crippen LogP contribution is -2.19. The van der Waals surface area contributed by atoms with Gasteiger partial charge in [-0.3, -0.25) is 4.79 Å². The molecule has 72 valence electrons. The van der Waals surface area contributed by atoms with E-state index in [1.165, 1.54) is 0 Å². The summed E-state index contributed by atoms with van der Waals surface area (Å²) in [6.45, 7) is 7.43. The van der Waals surface area contributed by atoms with Crippen molar-refractivity contribution in [2.45, 2.75) is 6.42 Å². The average molecular weight is 181 g/mol. The molecule has 1 atom stereocenters. The third-order valence-corrected chi connectivity index (χ3v) is 1.72. The molecule has 0 amide bonds. The molecular weight excluding hydrogens is 166 g/mol. The van der Waals surface area contributed by atoms with E-state index >= 15 is 0 Å². The summed E-state index contributed by atoms with van der Waals surface area (Å²) in [5, 5.41) is 8.58. The maximum Gasteiger partial charge on any atom is 0.304 e. The van der Waals surface area contributed by atoms with E-state index in [1.54, 1.807) is 18.2 Å². The van der Waals surface area contributed by atoms with E-state index in [2.05, 4.69) is 13.2 Å². The highest BCUT2D eigenvalue weighted by Gasteiger charge is 2.13. The van der Waals surface area contributed by atoms with Gasteiger partial charge < -0.3 is 10.8 Å². The van der Waals surface area contributed by atoms with Crippen LogP contribution in [0.4, 0.5) is 0 Å². The molecule has 0 heterocycles. The van der Waals surface area contributed by atoms with Gasteiger partial charge in [-0.25, -0.2) is 0 Å². The van der Waals surface area contributed by atoms with Gasteiger partial charge in [0.15, 0.2) is 0 Å². The van der Waals surface area contributed by atoms with Gasteiger partial charge in [-0.1, -0.05) is 31.4 Å². The lowest BCUT2D eigenvalue weighted by atomic mass is 9.95. The van der Waals surface area contributed by atoms with Crippen LogP contribution in [-0.2, 0) is 4.79 Å². The summed E-state index contributed by atoms with van der Waals surface area (Å²) in [4.78, 5) is 10.5. The molecule has 0 radical (unpaired) electrons. The van der Waals surface area contributed by atoms with Crippen molar-refractivity contribution < 1.29 is 9.90 Å². The van der Waals surface area contributed by atoms with E-state index in [4.69, 9.17) is 10.8 Å². The van der Waals surface area contributed by atoms with Gasteiger partial charge >= 0.3 is 5.97 Å². The highest BCUT2D eigenvalue weighted by molar-refractivity contribution is 5.67. The molecule has 0 spiro atoms. The first-order chi connectivity index (χ1) is 6.15. The predicted molar refractivity (Wildman–Crippen MR) is 53.3 cm³/mol. The number of nitrogens with two attached hydrogens (primary N) is 1. The van der Waals surface area contributed by atoms with Crippen molar-refractivity contribution in [3.63, 3.8) is 0 Å². The maximum absolute atomic E-state index is 10.5. The molecule has 0 aromatic rings. The van der Waals surface area contributed by atoms with E-state index < -0.39 is 5.97 Å². The van der Waals surface area contributed by atoms with Crippen molar-refractivity contribution in [1.82, 2.24) is 0 Å². The Labute approximate surface area is 78.3 Å². The fourth-order valence-corrected chi connectivity index (χ4v) is 1.05. The Morgan fingerprint density at radius 1 is 1.54 bits per heavy atom. The van der Waals surface area contributed by atoms with Crippen molar-refractivity contribution in [2.75, 3.05) is 6.54 Å². The summed E-state index contributed by atoms with van der Waals surface area (Å²) >= 11 is 0. The van der Waals surface area contributed by atoms with Crippen molar-refractivity contribution in [3.05, 3.63) is 37.0 Å². The van der Waals surface area contributed by atoms with Crippen LogP contribution in [0.25, 0.3) is 0 Å². The van der Waals surface area contributed by atoms with Gasteiger partial charge in [0.1, 0.15) is 0 Å². The molecule has 3 nitrogen and oxygen atoms in total. The minimum atomic E-state index is -0.854. The minimum absolute atomic E-state index is 0.0300. The Morgan fingerprint density at radius 3 is 2.46 bits per heavy atom. The number of carboxylic acid groups (broad SMARTS) is 1. The van der Waals surface area contributed by atoms with E-state index in [0.29, 0.717) is 6.54 Å². The van der Waals surface area contributed by atoms with Gasteiger partial charge in [0.05, 0.1) is 6.42 Å². The van der Waals surface area contributed by atoms with Gasteiger partial charge in [0.25, 0.3) is 0 Å². The van der Waals surface area contributed by atoms with Crippen molar-refractivity contribution in [3.8, 4) is 0 Å². The van der Waals surface area contributed by atoms with Crippen LogP contribution >= 0.6 is 0 Å². The number of hydrogen-bond acceptors (Lipinski definition) is 2. The Balaban J connectivity index is 4.51. The SMILES string of the molecule is C=C/C=C(\C=C)C(CN)CC(=O)O. The van der Waals surface area contributed by atoms with Gasteiger partial charge in [-0.2, -0.15) is 0 Å². The van der Waals surface area contributed by atoms with Gasteiger partial charge in [-0.15, -0.1) is 0 Å². The Kier molecular flexibility index (Phi) is 5.55. The maximum atomic E-state index is 10.5. The first kappa shape index (κ1) is 11.6. The van der Waals surface area contributed by atoms with Gasteiger partial charge in [0.2, 0.25) is 0 Å². The standard InChI is InChI=1S/C10H15NO2/c1-3-5-8(4-2)9(7-11)6-10(12)13/h3-5,9H,1-2,6-7,11H2,(H,12,13)/b8-5+. The molecule has 0 bridgehead atoms. The zero-order valence-electron chi connectivity index (χ0n) is 7.57. The lowest BCUT2D eigenvalue weighted by molar-refractivity contribution is -0.137. The summed E-state index contributed by atoms with van der Waals surface area (Å²) < 4.78 is 0. The molecule has 0 fully saturated rings. The normalized spacial score (nSPS) is 13.5. The Morgan fingerprint density at radius 2 is 2.15 bits per heavy atom. The second-order valence-corrected chi connectivity index (χ2v) is 2.64. The van der Waals surface area contributed by atoms with Crippen LogP contribution in [0.2, 0.25) is 0 Å². The monoisotopic (exact) mass is 181 g/mol. The largest absolute Gasteiger partial charge is 0.481 e. The molecule has 0 aromatic carbocycles. The van der Waals surface area contributed by atoms with Crippen molar-refractivity contribution >= 4 is 5.97 Å². The summed E-state index contributed by atoms with van der Waals surface area (Å²) in [5.74, 6) is -1.03. The van der Waals surface area contributed by atoms with E-state index in [-0.39, 0.29) is 12.3 Å². The number of carboxylic acids is 1. The first-order valence-electron chi connectivity index (χ1n) is 4.02. The number of hydrogen-bond donors (Lipinski definition) is 2. The zero-order chi connectivity index (χ0) is 10.3. The molecule has 0 aromatic heterocycles. The van der Waals surface area contributed by atoms with Gasteiger partial charge in [-0.05, 0) is 12.1 Å². The van der Waals surface area contributed by atoms with Crippen LogP contribution in [0.15, 0.2) is 37.0 Å². The molecule has 13 heavy (non-hydrogen) atoms. The van der Waals surface area contributed by atoms with E-state index in [9.17, 15) is 4.79 Å². The van der Waals surface area contributed by atoms with Crippen molar-refractivity contribution in [2.24, 2.45) is 11.7 Å². The number of carbonyl (C=O) groups is 1.